The summed E-state index contributed by atoms with van der Waals surface area (Å²) in [5, 5.41) is 2.51. The lowest BCUT2D eigenvalue weighted by atomic mass is 10.1. The molecule has 4 aromatic rings. The van der Waals surface area contributed by atoms with Crippen LogP contribution in [-0.4, -0.2) is 27.8 Å². The van der Waals surface area contributed by atoms with E-state index in [0.29, 0.717) is 32.9 Å². The van der Waals surface area contributed by atoms with E-state index in [4.69, 9.17) is 0 Å². The average molecular weight is 424 g/mol. The van der Waals surface area contributed by atoms with Gasteiger partial charge in [0.05, 0.1) is 16.3 Å². The fourth-order valence-corrected chi connectivity index (χ4v) is 5.33. The lowest BCUT2D eigenvalue weighted by Crippen LogP contribution is -2.29. The van der Waals surface area contributed by atoms with Gasteiger partial charge in [0.2, 0.25) is 0 Å². The number of nitrogens with zero attached hydrogens (tertiary/aromatic N) is 2. The number of hydrogen-bond donors (Lipinski definition) is 1. The van der Waals surface area contributed by atoms with Crippen LogP contribution in [0.4, 0.5) is 0 Å². The second-order valence-electron chi connectivity index (χ2n) is 7.02. The van der Waals surface area contributed by atoms with Crippen molar-refractivity contribution >= 4 is 38.8 Å². The van der Waals surface area contributed by atoms with Crippen LogP contribution >= 0.6 is 22.7 Å². The van der Waals surface area contributed by atoms with Crippen LogP contribution in [0, 0.1) is 6.92 Å². The molecule has 29 heavy (non-hydrogen) atoms. The summed E-state index contributed by atoms with van der Waals surface area (Å²) in [6.45, 7) is 3.83. The molecule has 0 fully saturated rings. The molecular formula is C22H21N3O2S2. The first-order chi connectivity index (χ1) is 14.0. The van der Waals surface area contributed by atoms with E-state index in [9.17, 15) is 9.59 Å². The maximum atomic E-state index is 13.2. The minimum Gasteiger partial charge on any atom is -0.333 e. The summed E-state index contributed by atoms with van der Waals surface area (Å²) >= 11 is 2.92. The number of fused-ring (bicyclic) bond motifs is 1. The number of carbonyl (C=O) groups is 1. The number of carbonyl (C=O) groups excluding carboxylic acids is 1. The van der Waals surface area contributed by atoms with Crippen molar-refractivity contribution in [3.8, 4) is 0 Å². The zero-order valence-electron chi connectivity index (χ0n) is 16.4. The second-order valence-corrected chi connectivity index (χ2v) is 9.00. The Morgan fingerprint density at radius 1 is 1.21 bits per heavy atom. The van der Waals surface area contributed by atoms with Gasteiger partial charge in [0.1, 0.15) is 10.7 Å². The third kappa shape index (κ3) is 3.75. The minimum atomic E-state index is -0.192. The first-order valence-electron chi connectivity index (χ1n) is 9.32. The van der Waals surface area contributed by atoms with E-state index < -0.39 is 0 Å². The Bertz CT molecular complexity index is 1210. The van der Waals surface area contributed by atoms with Gasteiger partial charge < -0.3 is 9.88 Å². The number of aryl methyl sites for hydroxylation is 1. The van der Waals surface area contributed by atoms with E-state index in [-0.39, 0.29) is 17.5 Å². The molecule has 1 unspecified atom stereocenters. The quantitative estimate of drug-likeness (QED) is 0.502. The first-order valence-corrected chi connectivity index (χ1v) is 11.0. The highest BCUT2D eigenvalue weighted by Crippen LogP contribution is 2.31. The standard InChI is InChI=1S/C22H21N3O2S2/c1-13-18-20(26)23-17(12-15-8-5-4-6-9-15)24-21(18)29-19(13)22(27)25(3)14(2)16-10-7-11-28-16/h4-11,14H,12H2,1-3H3,(H,23,24,26). The molecule has 0 aliphatic carbocycles. The molecule has 3 aromatic heterocycles. The summed E-state index contributed by atoms with van der Waals surface area (Å²) in [5.41, 5.74) is 1.58. The van der Waals surface area contributed by atoms with Gasteiger partial charge in [-0.2, -0.15) is 0 Å². The molecule has 4 rings (SSSR count). The Kier molecular flexibility index (Phi) is 5.34. The van der Waals surface area contributed by atoms with Crippen molar-refractivity contribution in [3.05, 3.63) is 84.9 Å². The lowest BCUT2D eigenvalue weighted by molar-refractivity contribution is 0.0749. The molecule has 1 atom stereocenters. The molecule has 0 saturated heterocycles. The molecule has 5 nitrogen and oxygen atoms in total. The zero-order chi connectivity index (χ0) is 20.5. The maximum Gasteiger partial charge on any atom is 0.264 e. The summed E-state index contributed by atoms with van der Waals surface area (Å²) in [6, 6.07) is 13.9. The number of thiophene rings is 2. The van der Waals surface area contributed by atoms with Gasteiger partial charge in [0.15, 0.2) is 0 Å². The molecule has 1 amide bonds. The van der Waals surface area contributed by atoms with E-state index in [1.54, 1.807) is 23.3 Å². The fraction of sp³-hybridized carbons (Fsp3) is 0.227. The Labute approximate surface area is 176 Å². The maximum absolute atomic E-state index is 13.2. The Morgan fingerprint density at radius 2 is 1.97 bits per heavy atom. The number of rotatable bonds is 5. The van der Waals surface area contributed by atoms with Crippen LogP contribution in [0.2, 0.25) is 0 Å². The van der Waals surface area contributed by atoms with E-state index in [0.717, 1.165) is 10.4 Å². The van der Waals surface area contributed by atoms with Crippen molar-refractivity contribution in [2.45, 2.75) is 26.3 Å². The van der Waals surface area contributed by atoms with Crippen molar-refractivity contribution < 1.29 is 4.79 Å². The van der Waals surface area contributed by atoms with Crippen molar-refractivity contribution in [3.63, 3.8) is 0 Å². The first kappa shape index (κ1) is 19.5. The number of benzene rings is 1. The fourth-order valence-electron chi connectivity index (χ4n) is 3.32. The summed E-state index contributed by atoms with van der Waals surface area (Å²) in [6.07, 6.45) is 0.543. The highest BCUT2D eigenvalue weighted by Gasteiger charge is 2.25. The predicted molar refractivity (Wildman–Crippen MR) is 119 cm³/mol. The van der Waals surface area contributed by atoms with Crippen molar-refractivity contribution in [1.29, 1.82) is 0 Å². The monoisotopic (exact) mass is 423 g/mol. The zero-order valence-corrected chi connectivity index (χ0v) is 18.1. The third-order valence-electron chi connectivity index (χ3n) is 5.11. The summed E-state index contributed by atoms with van der Waals surface area (Å²) in [5.74, 6) is 0.518. The number of aromatic amines is 1. The third-order valence-corrected chi connectivity index (χ3v) is 7.33. The normalized spacial score (nSPS) is 12.2. The van der Waals surface area contributed by atoms with Gasteiger partial charge in [-0.15, -0.1) is 22.7 Å². The number of aromatic nitrogens is 2. The highest BCUT2D eigenvalue weighted by molar-refractivity contribution is 7.20. The van der Waals surface area contributed by atoms with E-state index in [2.05, 4.69) is 9.97 Å². The minimum absolute atomic E-state index is 0.0352. The van der Waals surface area contributed by atoms with Crippen LogP contribution in [0.1, 0.15) is 44.5 Å². The molecule has 148 valence electrons. The van der Waals surface area contributed by atoms with Crippen LogP contribution in [0.3, 0.4) is 0 Å². The summed E-state index contributed by atoms with van der Waals surface area (Å²) in [4.78, 5) is 37.4. The van der Waals surface area contributed by atoms with E-state index in [1.165, 1.54) is 11.3 Å². The molecule has 0 radical (unpaired) electrons. The molecular weight excluding hydrogens is 402 g/mol. The second kappa shape index (κ2) is 7.93. The van der Waals surface area contributed by atoms with Crippen molar-refractivity contribution in [1.82, 2.24) is 14.9 Å². The van der Waals surface area contributed by atoms with Crippen LogP contribution in [-0.2, 0) is 6.42 Å². The molecule has 0 saturated carbocycles. The predicted octanol–water partition coefficient (Wildman–Crippen LogP) is 4.78. The molecule has 1 aromatic carbocycles. The van der Waals surface area contributed by atoms with Crippen molar-refractivity contribution in [2.75, 3.05) is 7.05 Å². The summed E-state index contributed by atoms with van der Waals surface area (Å²) in [7, 11) is 1.80. The van der Waals surface area contributed by atoms with Crippen LogP contribution in [0.15, 0.2) is 52.6 Å². The number of hydrogen-bond acceptors (Lipinski definition) is 5. The largest absolute Gasteiger partial charge is 0.333 e. The van der Waals surface area contributed by atoms with Gasteiger partial charge in [-0.25, -0.2) is 4.98 Å². The molecule has 0 bridgehead atoms. The van der Waals surface area contributed by atoms with E-state index >= 15 is 0 Å². The van der Waals surface area contributed by atoms with Crippen LogP contribution < -0.4 is 5.56 Å². The van der Waals surface area contributed by atoms with Gasteiger partial charge in [0, 0.05) is 18.3 Å². The van der Waals surface area contributed by atoms with Crippen LogP contribution in [0.5, 0.6) is 0 Å². The average Bonchev–Trinajstić information content (AvgIpc) is 3.35. The number of H-pyrrole nitrogens is 1. The van der Waals surface area contributed by atoms with E-state index in [1.807, 2.05) is 61.7 Å². The number of nitrogens with one attached hydrogen (secondary N) is 1. The molecule has 3 heterocycles. The van der Waals surface area contributed by atoms with Gasteiger partial charge in [-0.1, -0.05) is 36.4 Å². The Balaban J connectivity index is 1.69. The SMILES string of the molecule is Cc1c(C(=O)N(C)C(C)c2cccs2)sc2nc(Cc3ccccc3)[nH]c(=O)c12. The van der Waals surface area contributed by atoms with Gasteiger partial charge in [0.25, 0.3) is 11.5 Å². The van der Waals surface area contributed by atoms with Gasteiger partial charge in [-0.05, 0) is 36.4 Å². The van der Waals surface area contributed by atoms with Crippen LogP contribution in [0.25, 0.3) is 10.2 Å². The summed E-state index contributed by atoms with van der Waals surface area (Å²) < 4.78 is 0. The molecule has 0 spiro atoms. The Morgan fingerprint density at radius 3 is 2.66 bits per heavy atom. The molecule has 0 aliphatic rings. The lowest BCUT2D eigenvalue weighted by Gasteiger charge is -2.23. The smallest absolute Gasteiger partial charge is 0.264 e. The van der Waals surface area contributed by atoms with Gasteiger partial charge in [-0.3, -0.25) is 9.59 Å². The highest BCUT2D eigenvalue weighted by atomic mass is 32.1. The van der Waals surface area contributed by atoms with Gasteiger partial charge >= 0.3 is 0 Å². The molecule has 0 aliphatic heterocycles. The number of amides is 1. The van der Waals surface area contributed by atoms with Crippen molar-refractivity contribution in [2.24, 2.45) is 0 Å². The molecule has 7 heteroatoms. The topological polar surface area (TPSA) is 66.1 Å². The molecule has 1 N–H and O–H groups in total. The Hall–Kier alpha value is -2.77.